The van der Waals surface area contributed by atoms with E-state index in [1.165, 1.54) is 0 Å². The van der Waals surface area contributed by atoms with Gasteiger partial charge in [0.25, 0.3) is 0 Å². The lowest BCUT2D eigenvalue weighted by Gasteiger charge is -2.23. The Morgan fingerprint density at radius 3 is 2.15 bits per heavy atom. The van der Waals surface area contributed by atoms with Crippen LogP contribution in [0.2, 0.25) is 0 Å². The standard InChI is InChI=1S/C8H8F6N4O2/c1-3(2-4(19)20)18-6(15-16-17-18)5(7(9,10)11)8(12,13)14/h3,5H,2H2,1H3,(H,19,20). The van der Waals surface area contributed by atoms with E-state index >= 15 is 0 Å². The van der Waals surface area contributed by atoms with Crippen molar-refractivity contribution in [3.8, 4) is 0 Å². The Kier molecular flexibility index (Phi) is 4.24. The number of tetrazole rings is 1. The topological polar surface area (TPSA) is 80.9 Å². The van der Waals surface area contributed by atoms with Crippen molar-refractivity contribution < 1.29 is 36.2 Å². The molecule has 1 aromatic heterocycles. The van der Waals surface area contributed by atoms with Crippen molar-refractivity contribution in [3.05, 3.63) is 5.82 Å². The van der Waals surface area contributed by atoms with Crippen molar-refractivity contribution in [2.24, 2.45) is 0 Å². The minimum Gasteiger partial charge on any atom is -0.481 e. The van der Waals surface area contributed by atoms with Gasteiger partial charge in [-0.05, 0) is 17.4 Å². The molecule has 6 nitrogen and oxygen atoms in total. The summed E-state index contributed by atoms with van der Waals surface area (Å²) in [7, 11) is 0. The molecule has 12 heteroatoms. The van der Waals surface area contributed by atoms with Gasteiger partial charge in [-0.3, -0.25) is 4.79 Å². The predicted octanol–water partition coefficient (Wildman–Crippen LogP) is 1.92. The van der Waals surface area contributed by atoms with Gasteiger partial charge in [-0.25, -0.2) is 4.68 Å². The third-order valence-electron chi connectivity index (χ3n) is 2.32. The van der Waals surface area contributed by atoms with E-state index in [-0.39, 0.29) is 4.68 Å². The third-order valence-corrected chi connectivity index (χ3v) is 2.32. The molecule has 0 aromatic carbocycles. The van der Waals surface area contributed by atoms with E-state index in [2.05, 4.69) is 15.5 Å². The second-order valence-electron chi connectivity index (χ2n) is 3.94. The van der Waals surface area contributed by atoms with Crippen LogP contribution in [0.4, 0.5) is 26.3 Å². The highest BCUT2D eigenvalue weighted by Gasteiger charge is 2.60. The normalized spacial score (nSPS) is 14.6. The summed E-state index contributed by atoms with van der Waals surface area (Å²) in [6, 6.07) is -1.26. The second-order valence-corrected chi connectivity index (χ2v) is 3.94. The predicted molar refractivity (Wildman–Crippen MR) is 49.6 cm³/mol. The van der Waals surface area contributed by atoms with E-state index in [9.17, 15) is 31.1 Å². The quantitative estimate of drug-likeness (QED) is 0.860. The molecular formula is C8H8F6N4O2. The molecule has 1 atom stereocenters. The number of hydrogen-bond donors (Lipinski definition) is 1. The van der Waals surface area contributed by atoms with E-state index in [4.69, 9.17) is 5.11 Å². The molecule has 0 amide bonds. The molecule has 0 aliphatic rings. The minimum atomic E-state index is -5.65. The highest BCUT2D eigenvalue weighted by Crippen LogP contribution is 2.45. The summed E-state index contributed by atoms with van der Waals surface area (Å²) >= 11 is 0. The fourth-order valence-corrected chi connectivity index (χ4v) is 1.52. The molecule has 0 saturated carbocycles. The zero-order valence-electron chi connectivity index (χ0n) is 9.77. The third kappa shape index (κ3) is 3.57. The van der Waals surface area contributed by atoms with Crippen LogP contribution in [-0.2, 0) is 4.79 Å². The van der Waals surface area contributed by atoms with Gasteiger partial charge in [0.15, 0.2) is 5.82 Å². The van der Waals surface area contributed by atoms with E-state index in [1.807, 2.05) is 0 Å². The first-order valence-electron chi connectivity index (χ1n) is 5.07. The number of aliphatic carboxylic acids is 1. The summed E-state index contributed by atoms with van der Waals surface area (Å²) in [4.78, 5) is 10.5. The van der Waals surface area contributed by atoms with Gasteiger partial charge >= 0.3 is 18.3 Å². The van der Waals surface area contributed by atoms with E-state index < -0.39 is 42.5 Å². The SMILES string of the molecule is CC(CC(=O)O)n1nnnc1C(C(F)(F)F)C(F)(F)F. The molecule has 1 N–H and O–H groups in total. The van der Waals surface area contributed by atoms with Gasteiger partial charge in [0, 0.05) is 0 Å². The molecule has 1 unspecified atom stereocenters. The Bertz CT molecular complexity index is 468. The molecule has 0 aliphatic heterocycles. The Balaban J connectivity index is 3.24. The van der Waals surface area contributed by atoms with Gasteiger partial charge in [-0.1, -0.05) is 0 Å². The van der Waals surface area contributed by atoms with Crippen molar-refractivity contribution >= 4 is 5.97 Å². The molecule has 0 fully saturated rings. The first kappa shape index (κ1) is 16.2. The molecule has 114 valence electrons. The summed E-state index contributed by atoms with van der Waals surface area (Å²) < 4.78 is 75.5. The van der Waals surface area contributed by atoms with Gasteiger partial charge in [0.05, 0.1) is 12.5 Å². The molecule has 0 radical (unpaired) electrons. The second kappa shape index (κ2) is 5.25. The highest BCUT2D eigenvalue weighted by atomic mass is 19.4. The van der Waals surface area contributed by atoms with Crippen LogP contribution in [0.25, 0.3) is 0 Å². The maximum Gasteiger partial charge on any atom is 0.407 e. The number of aromatic nitrogens is 4. The lowest BCUT2D eigenvalue weighted by Crippen LogP contribution is -2.37. The summed E-state index contributed by atoms with van der Waals surface area (Å²) in [5.74, 6) is -6.77. The smallest absolute Gasteiger partial charge is 0.407 e. The van der Waals surface area contributed by atoms with Crippen LogP contribution in [0, 0.1) is 0 Å². The minimum absolute atomic E-state index is 0.222. The average Bonchev–Trinajstić information content (AvgIpc) is 2.59. The molecule has 1 rings (SSSR count). The summed E-state index contributed by atoms with van der Waals surface area (Å²) in [5.41, 5.74) is 0. The molecule has 0 bridgehead atoms. The van der Waals surface area contributed by atoms with E-state index in [1.54, 1.807) is 0 Å². The number of hydrogen-bond acceptors (Lipinski definition) is 4. The van der Waals surface area contributed by atoms with Crippen LogP contribution >= 0.6 is 0 Å². The van der Waals surface area contributed by atoms with Crippen LogP contribution in [-0.4, -0.2) is 43.6 Å². The van der Waals surface area contributed by atoms with Crippen molar-refractivity contribution in [1.29, 1.82) is 0 Å². The number of alkyl halides is 6. The fraction of sp³-hybridized carbons (Fsp3) is 0.750. The van der Waals surface area contributed by atoms with Crippen molar-refractivity contribution in [3.63, 3.8) is 0 Å². The van der Waals surface area contributed by atoms with Gasteiger partial charge in [-0.15, -0.1) is 5.10 Å². The lowest BCUT2D eigenvalue weighted by molar-refractivity contribution is -0.256. The van der Waals surface area contributed by atoms with Crippen LogP contribution in [0.3, 0.4) is 0 Å². The van der Waals surface area contributed by atoms with Crippen LogP contribution < -0.4 is 0 Å². The number of halogens is 6. The van der Waals surface area contributed by atoms with Crippen LogP contribution in [0.15, 0.2) is 0 Å². The lowest BCUT2D eigenvalue weighted by atomic mass is 10.1. The maximum atomic E-state index is 12.5. The van der Waals surface area contributed by atoms with Crippen molar-refractivity contribution in [1.82, 2.24) is 20.2 Å². The van der Waals surface area contributed by atoms with E-state index in [0.717, 1.165) is 6.92 Å². The Morgan fingerprint density at radius 2 is 1.75 bits per heavy atom. The van der Waals surface area contributed by atoms with Crippen LogP contribution in [0.5, 0.6) is 0 Å². The number of nitrogens with zero attached hydrogens (tertiary/aromatic N) is 4. The molecule has 1 heterocycles. The molecule has 1 aromatic rings. The van der Waals surface area contributed by atoms with Gasteiger partial charge in [0.1, 0.15) is 0 Å². The fourth-order valence-electron chi connectivity index (χ4n) is 1.52. The molecule has 20 heavy (non-hydrogen) atoms. The number of rotatable bonds is 4. The first-order valence-corrected chi connectivity index (χ1v) is 5.07. The number of carboxylic acid groups (broad SMARTS) is 1. The molecule has 0 saturated heterocycles. The zero-order valence-corrected chi connectivity index (χ0v) is 9.77. The first-order chi connectivity index (χ1) is 8.94. The van der Waals surface area contributed by atoms with Gasteiger partial charge in [0.2, 0.25) is 5.92 Å². The summed E-state index contributed by atoms with van der Waals surface area (Å²) in [5, 5.41) is 17.0. The monoisotopic (exact) mass is 306 g/mol. The zero-order chi connectivity index (χ0) is 15.7. The number of carboxylic acids is 1. The molecule has 0 spiro atoms. The van der Waals surface area contributed by atoms with Crippen molar-refractivity contribution in [2.45, 2.75) is 37.7 Å². The van der Waals surface area contributed by atoms with Crippen LogP contribution in [0.1, 0.15) is 31.1 Å². The van der Waals surface area contributed by atoms with Crippen molar-refractivity contribution in [2.75, 3.05) is 0 Å². The van der Waals surface area contributed by atoms with Gasteiger partial charge in [-0.2, -0.15) is 26.3 Å². The Labute approximate surface area is 107 Å². The summed E-state index contributed by atoms with van der Waals surface area (Å²) in [6.07, 6.45) is -12.0. The van der Waals surface area contributed by atoms with Gasteiger partial charge < -0.3 is 5.11 Å². The largest absolute Gasteiger partial charge is 0.481 e. The highest BCUT2D eigenvalue weighted by molar-refractivity contribution is 5.67. The average molecular weight is 306 g/mol. The Hall–Kier alpha value is -1.88. The Morgan fingerprint density at radius 1 is 1.25 bits per heavy atom. The maximum absolute atomic E-state index is 12.5. The number of carbonyl (C=O) groups is 1. The van der Waals surface area contributed by atoms with E-state index in [0.29, 0.717) is 0 Å². The molecular weight excluding hydrogens is 298 g/mol. The summed E-state index contributed by atoms with van der Waals surface area (Å²) in [6.45, 7) is 1.10. The molecule has 0 aliphatic carbocycles.